The van der Waals surface area contributed by atoms with Crippen molar-refractivity contribution in [2.45, 2.75) is 19.4 Å². The third-order valence-electron chi connectivity index (χ3n) is 5.19. The first kappa shape index (κ1) is 16.6. The predicted octanol–water partition coefficient (Wildman–Crippen LogP) is 3.71. The summed E-state index contributed by atoms with van der Waals surface area (Å²) in [5.41, 5.74) is 0.838. The van der Waals surface area contributed by atoms with Crippen molar-refractivity contribution < 1.29 is 14.3 Å². The Bertz CT molecular complexity index is 834. The summed E-state index contributed by atoms with van der Waals surface area (Å²) in [7, 11) is 1.60. The van der Waals surface area contributed by atoms with Crippen LogP contribution in [-0.2, 0) is 11.3 Å². The van der Waals surface area contributed by atoms with Crippen LogP contribution in [0, 0.1) is 17.8 Å². The third-order valence-corrected chi connectivity index (χ3v) is 5.19. The average molecular weight is 350 g/mol. The number of hydrogen-bond acceptors (Lipinski definition) is 4. The number of pyridine rings is 1. The largest absolute Gasteiger partial charge is 0.493 e. The molecule has 2 aromatic rings. The minimum absolute atomic E-state index is 0.0975. The molecule has 1 amide bonds. The Balaban J connectivity index is 1.44. The van der Waals surface area contributed by atoms with E-state index in [9.17, 15) is 4.79 Å². The molecule has 0 aliphatic heterocycles. The summed E-state index contributed by atoms with van der Waals surface area (Å²) >= 11 is 0. The standard InChI is InChI=1S/C21H22N2O3/c1-25-18-6-2-3-7-19(18)26-21-16(5-4-10-22-21)13-23-20(24)17-12-14-8-9-15(17)11-14/h2-10,14-15,17H,11-13H2,1H3,(H,23,24)/t14-,15+,17+/m1/s1. The van der Waals surface area contributed by atoms with Crippen LogP contribution in [0.4, 0.5) is 0 Å². The van der Waals surface area contributed by atoms with Gasteiger partial charge in [0.1, 0.15) is 0 Å². The molecule has 4 rings (SSSR count). The SMILES string of the molecule is COc1ccccc1Oc1ncccc1CNC(=O)[C@H]1C[C@@H]2C=C[C@H]1C2. The van der Waals surface area contributed by atoms with Gasteiger partial charge in [-0.1, -0.05) is 30.4 Å². The number of methoxy groups -OCH3 is 1. The summed E-state index contributed by atoms with van der Waals surface area (Å²) in [6, 6.07) is 11.2. The molecule has 5 nitrogen and oxygen atoms in total. The van der Waals surface area contributed by atoms with Crippen molar-refractivity contribution in [1.29, 1.82) is 0 Å². The lowest BCUT2D eigenvalue weighted by atomic mass is 9.93. The van der Waals surface area contributed by atoms with Crippen molar-refractivity contribution in [3.8, 4) is 17.4 Å². The summed E-state index contributed by atoms with van der Waals surface area (Å²) in [6.07, 6.45) is 8.20. The highest BCUT2D eigenvalue weighted by Crippen LogP contribution is 2.43. The molecule has 26 heavy (non-hydrogen) atoms. The van der Waals surface area contributed by atoms with Crippen LogP contribution in [0.3, 0.4) is 0 Å². The zero-order chi connectivity index (χ0) is 17.9. The van der Waals surface area contributed by atoms with E-state index < -0.39 is 0 Å². The molecule has 2 aliphatic rings. The van der Waals surface area contributed by atoms with Gasteiger partial charge in [0, 0.05) is 24.2 Å². The molecule has 0 saturated heterocycles. The Morgan fingerprint density at radius 3 is 2.73 bits per heavy atom. The van der Waals surface area contributed by atoms with Crippen LogP contribution in [-0.4, -0.2) is 18.0 Å². The lowest BCUT2D eigenvalue weighted by molar-refractivity contribution is -0.125. The van der Waals surface area contributed by atoms with E-state index in [0.717, 1.165) is 18.4 Å². The van der Waals surface area contributed by atoms with Crippen LogP contribution in [0.15, 0.2) is 54.7 Å². The van der Waals surface area contributed by atoms with Crippen molar-refractivity contribution in [2.75, 3.05) is 7.11 Å². The quantitative estimate of drug-likeness (QED) is 0.807. The van der Waals surface area contributed by atoms with Gasteiger partial charge in [-0.25, -0.2) is 4.98 Å². The van der Waals surface area contributed by atoms with Gasteiger partial charge in [-0.3, -0.25) is 4.79 Å². The summed E-state index contributed by atoms with van der Waals surface area (Å²) < 4.78 is 11.3. The van der Waals surface area contributed by atoms with Crippen molar-refractivity contribution in [2.24, 2.45) is 17.8 Å². The molecule has 1 fully saturated rings. The molecule has 134 valence electrons. The number of rotatable bonds is 6. The Morgan fingerprint density at radius 1 is 1.15 bits per heavy atom. The van der Waals surface area contributed by atoms with Gasteiger partial charge in [0.2, 0.25) is 11.8 Å². The predicted molar refractivity (Wildman–Crippen MR) is 98.0 cm³/mol. The maximum Gasteiger partial charge on any atom is 0.224 e. The van der Waals surface area contributed by atoms with E-state index in [4.69, 9.17) is 9.47 Å². The molecular formula is C21H22N2O3. The number of amides is 1. The van der Waals surface area contributed by atoms with Gasteiger partial charge in [-0.2, -0.15) is 0 Å². The van der Waals surface area contributed by atoms with E-state index >= 15 is 0 Å². The van der Waals surface area contributed by atoms with Gasteiger partial charge in [0.15, 0.2) is 11.5 Å². The fourth-order valence-electron chi connectivity index (χ4n) is 3.85. The number of allylic oxidation sites excluding steroid dienone is 2. The fourth-order valence-corrected chi connectivity index (χ4v) is 3.85. The van der Waals surface area contributed by atoms with Gasteiger partial charge in [0.25, 0.3) is 0 Å². The zero-order valence-electron chi connectivity index (χ0n) is 14.7. The van der Waals surface area contributed by atoms with Crippen LogP contribution in [0.1, 0.15) is 18.4 Å². The van der Waals surface area contributed by atoms with Gasteiger partial charge in [-0.15, -0.1) is 0 Å². The monoisotopic (exact) mass is 350 g/mol. The second-order valence-corrected chi connectivity index (χ2v) is 6.83. The van der Waals surface area contributed by atoms with Crippen LogP contribution < -0.4 is 14.8 Å². The maximum atomic E-state index is 12.6. The Morgan fingerprint density at radius 2 is 2.00 bits per heavy atom. The molecule has 0 unspecified atom stereocenters. The smallest absolute Gasteiger partial charge is 0.224 e. The fraction of sp³-hybridized carbons (Fsp3) is 0.333. The first-order chi connectivity index (χ1) is 12.7. The Labute approximate surface area is 153 Å². The van der Waals surface area contributed by atoms with Crippen molar-refractivity contribution in [1.82, 2.24) is 10.3 Å². The minimum Gasteiger partial charge on any atom is -0.493 e. The highest BCUT2D eigenvalue weighted by atomic mass is 16.5. The summed E-state index contributed by atoms with van der Waals surface area (Å²) in [4.78, 5) is 16.9. The lowest BCUT2D eigenvalue weighted by Crippen LogP contribution is -2.32. The molecular weight excluding hydrogens is 328 g/mol. The molecule has 1 saturated carbocycles. The van der Waals surface area contributed by atoms with E-state index in [2.05, 4.69) is 22.5 Å². The van der Waals surface area contributed by atoms with Crippen LogP contribution >= 0.6 is 0 Å². The Hall–Kier alpha value is -2.82. The number of benzene rings is 1. The number of para-hydroxylation sites is 2. The van der Waals surface area contributed by atoms with Crippen molar-refractivity contribution in [3.63, 3.8) is 0 Å². The zero-order valence-corrected chi connectivity index (χ0v) is 14.7. The number of hydrogen-bond donors (Lipinski definition) is 1. The van der Waals surface area contributed by atoms with Gasteiger partial charge in [-0.05, 0) is 42.9 Å². The highest BCUT2D eigenvalue weighted by molar-refractivity contribution is 5.80. The van der Waals surface area contributed by atoms with Gasteiger partial charge < -0.3 is 14.8 Å². The second kappa shape index (κ2) is 7.20. The summed E-state index contributed by atoms with van der Waals surface area (Å²) in [6.45, 7) is 0.398. The molecule has 2 bridgehead atoms. The van der Waals surface area contributed by atoms with E-state index in [1.807, 2.05) is 36.4 Å². The van der Waals surface area contributed by atoms with Crippen LogP contribution in [0.5, 0.6) is 17.4 Å². The number of carbonyl (C=O) groups excluding carboxylic acids is 1. The van der Waals surface area contributed by atoms with Gasteiger partial charge in [0.05, 0.1) is 7.11 Å². The molecule has 5 heteroatoms. The first-order valence-electron chi connectivity index (χ1n) is 8.95. The lowest BCUT2D eigenvalue weighted by Gasteiger charge is -2.18. The number of fused-ring (bicyclic) bond motifs is 2. The molecule has 3 atom stereocenters. The molecule has 1 N–H and O–H groups in total. The molecule has 0 spiro atoms. The van der Waals surface area contributed by atoms with Crippen LogP contribution in [0.2, 0.25) is 0 Å². The minimum atomic E-state index is 0.0975. The van der Waals surface area contributed by atoms with E-state index in [0.29, 0.717) is 35.8 Å². The summed E-state index contributed by atoms with van der Waals surface area (Å²) in [5, 5.41) is 3.06. The molecule has 2 aliphatic carbocycles. The van der Waals surface area contributed by atoms with Crippen LogP contribution in [0.25, 0.3) is 0 Å². The normalized spacial score (nSPS) is 23.0. The Kier molecular flexibility index (Phi) is 4.61. The first-order valence-corrected chi connectivity index (χ1v) is 8.95. The number of ether oxygens (including phenoxy) is 2. The number of nitrogens with zero attached hydrogens (tertiary/aromatic N) is 1. The molecule has 1 heterocycles. The molecule has 1 aromatic carbocycles. The summed E-state index contributed by atoms with van der Waals surface area (Å²) in [5.74, 6) is 2.91. The maximum absolute atomic E-state index is 12.6. The number of carbonyl (C=O) groups is 1. The van der Waals surface area contributed by atoms with E-state index in [1.54, 1.807) is 13.3 Å². The van der Waals surface area contributed by atoms with Crippen molar-refractivity contribution >= 4 is 5.91 Å². The third kappa shape index (κ3) is 3.29. The van der Waals surface area contributed by atoms with Crippen molar-refractivity contribution in [3.05, 3.63) is 60.3 Å². The van der Waals surface area contributed by atoms with E-state index in [1.165, 1.54) is 0 Å². The second-order valence-electron chi connectivity index (χ2n) is 6.83. The number of aromatic nitrogens is 1. The average Bonchev–Trinajstić information content (AvgIpc) is 3.31. The topological polar surface area (TPSA) is 60.5 Å². The molecule has 1 aromatic heterocycles. The van der Waals surface area contributed by atoms with Gasteiger partial charge >= 0.3 is 0 Å². The number of nitrogens with one attached hydrogen (secondary N) is 1. The highest BCUT2D eigenvalue weighted by Gasteiger charge is 2.39. The molecule has 0 radical (unpaired) electrons. The van der Waals surface area contributed by atoms with E-state index in [-0.39, 0.29) is 11.8 Å².